The zero-order chi connectivity index (χ0) is 19.3. The average Bonchev–Trinajstić information content (AvgIpc) is 3.37. The Morgan fingerprint density at radius 2 is 2.04 bits per heavy atom. The Balaban J connectivity index is 1.47. The van der Waals surface area contributed by atoms with E-state index in [-0.39, 0.29) is 11.9 Å². The van der Waals surface area contributed by atoms with Gasteiger partial charge in [0.15, 0.2) is 0 Å². The third-order valence-corrected chi connectivity index (χ3v) is 5.23. The number of amides is 1. The lowest BCUT2D eigenvalue weighted by atomic mass is 10.1. The van der Waals surface area contributed by atoms with Crippen molar-refractivity contribution in [2.45, 2.75) is 38.6 Å². The van der Waals surface area contributed by atoms with E-state index in [1.807, 2.05) is 36.4 Å². The van der Waals surface area contributed by atoms with Crippen molar-refractivity contribution in [2.75, 3.05) is 6.61 Å². The number of hydrogen-bond acceptors (Lipinski definition) is 3. The van der Waals surface area contributed by atoms with Gasteiger partial charge in [-0.1, -0.05) is 37.6 Å². The van der Waals surface area contributed by atoms with Crippen LogP contribution in [0.25, 0.3) is 11.3 Å². The number of hydrogen-bond donors (Lipinski definition) is 2. The monoisotopic (exact) mass is 375 g/mol. The molecule has 4 rings (SSSR count). The molecule has 0 saturated heterocycles. The Labute approximate surface area is 165 Å². The van der Waals surface area contributed by atoms with E-state index < -0.39 is 0 Å². The molecule has 0 bridgehead atoms. The molecule has 0 fully saturated rings. The third-order valence-electron chi connectivity index (χ3n) is 5.23. The Morgan fingerprint density at radius 3 is 2.86 bits per heavy atom. The van der Waals surface area contributed by atoms with Crippen LogP contribution in [0.4, 0.5) is 0 Å². The highest BCUT2D eigenvalue weighted by Crippen LogP contribution is 2.31. The van der Waals surface area contributed by atoms with Gasteiger partial charge in [-0.3, -0.25) is 9.89 Å². The number of carbonyl (C=O) groups is 1. The van der Waals surface area contributed by atoms with E-state index in [0.29, 0.717) is 5.56 Å². The summed E-state index contributed by atoms with van der Waals surface area (Å²) in [6.07, 6.45) is 5.67. The van der Waals surface area contributed by atoms with Gasteiger partial charge in [0, 0.05) is 5.56 Å². The Hall–Kier alpha value is -3.08. The topological polar surface area (TPSA) is 67.0 Å². The molecule has 144 valence electrons. The molecule has 1 aliphatic carbocycles. The van der Waals surface area contributed by atoms with Crippen molar-refractivity contribution in [1.29, 1.82) is 0 Å². The van der Waals surface area contributed by atoms with Gasteiger partial charge in [0.25, 0.3) is 5.91 Å². The van der Waals surface area contributed by atoms with E-state index in [0.717, 1.165) is 49.3 Å². The number of unbranched alkanes of at least 4 members (excludes halogenated alkanes) is 1. The molecule has 0 aliphatic heterocycles. The van der Waals surface area contributed by atoms with Crippen LogP contribution < -0.4 is 10.1 Å². The summed E-state index contributed by atoms with van der Waals surface area (Å²) in [7, 11) is 0. The molecule has 28 heavy (non-hydrogen) atoms. The summed E-state index contributed by atoms with van der Waals surface area (Å²) < 4.78 is 5.71. The first-order chi connectivity index (χ1) is 13.8. The molecule has 5 heteroatoms. The Kier molecular flexibility index (Phi) is 5.42. The zero-order valence-electron chi connectivity index (χ0n) is 16.1. The molecule has 0 unspecified atom stereocenters. The van der Waals surface area contributed by atoms with Gasteiger partial charge in [0.05, 0.1) is 30.1 Å². The lowest BCUT2D eigenvalue weighted by Crippen LogP contribution is -2.27. The summed E-state index contributed by atoms with van der Waals surface area (Å²) in [6, 6.07) is 16.1. The predicted molar refractivity (Wildman–Crippen MR) is 109 cm³/mol. The molecule has 0 spiro atoms. The average molecular weight is 375 g/mol. The first-order valence-corrected chi connectivity index (χ1v) is 9.91. The van der Waals surface area contributed by atoms with Crippen molar-refractivity contribution in [3.63, 3.8) is 0 Å². The normalized spacial score (nSPS) is 15.2. The molecular formula is C23H25N3O2. The largest absolute Gasteiger partial charge is 0.494 e. The second kappa shape index (κ2) is 8.30. The number of aromatic nitrogens is 2. The number of carbonyl (C=O) groups excluding carboxylic acids is 1. The maximum absolute atomic E-state index is 12.9. The highest BCUT2D eigenvalue weighted by atomic mass is 16.5. The SMILES string of the molecule is CCCCOc1ccc(-c2[nH]ncc2C(=O)N[C@@H]2CCc3ccccc32)cc1. The molecule has 1 aromatic heterocycles. The maximum Gasteiger partial charge on any atom is 0.255 e. The van der Waals surface area contributed by atoms with Crippen molar-refractivity contribution in [3.05, 3.63) is 71.4 Å². The fourth-order valence-corrected chi connectivity index (χ4v) is 3.67. The van der Waals surface area contributed by atoms with Crippen molar-refractivity contribution < 1.29 is 9.53 Å². The van der Waals surface area contributed by atoms with Crippen LogP contribution in [-0.2, 0) is 6.42 Å². The van der Waals surface area contributed by atoms with Gasteiger partial charge in [0.2, 0.25) is 0 Å². The number of rotatable bonds is 7. The smallest absolute Gasteiger partial charge is 0.255 e. The Morgan fingerprint density at radius 1 is 1.21 bits per heavy atom. The Bertz CT molecular complexity index is 946. The molecule has 3 aromatic rings. The van der Waals surface area contributed by atoms with Crippen molar-refractivity contribution in [3.8, 4) is 17.0 Å². The van der Waals surface area contributed by atoms with Gasteiger partial charge >= 0.3 is 0 Å². The first kappa shape index (κ1) is 18.3. The van der Waals surface area contributed by atoms with Crippen LogP contribution in [0.2, 0.25) is 0 Å². The molecule has 1 atom stereocenters. The van der Waals surface area contributed by atoms with Gasteiger partial charge < -0.3 is 10.1 Å². The molecule has 1 aliphatic rings. The highest BCUT2D eigenvalue weighted by Gasteiger charge is 2.25. The number of nitrogens with one attached hydrogen (secondary N) is 2. The van der Waals surface area contributed by atoms with Crippen molar-refractivity contribution in [1.82, 2.24) is 15.5 Å². The van der Waals surface area contributed by atoms with E-state index in [2.05, 4.69) is 34.6 Å². The summed E-state index contributed by atoms with van der Waals surface area (Å²) in [5.74, 6) is 0.735. The molecular weight excluding hydrogens is 350 g/mol. The van der Waals surface area contributed by atoms with Gasteiger partial charge in [-0.25, -0.2) is 0 Å². The number of H-pyrrole nitrogens is 1. The molecule has 0 radical (unpaired) electrons. The van der Waals surface area contributed by atoms with Crippen LogP contribution in [-0.4, -0.2) is 22.7 Å². The minimum absolute atomic E-state index is 0.0563. The highest BCUT2D eigenvalue weighted by molar-refractivity contribution is 6.00. The number of benzene rings is 2. The van der Waals surface area contributed by atoms with Crippen molar-refractivity contribution >= 4 is 5.91 Å². The fraction of sp³-hybridized carbons (Fsp3) is 0.304. The fourth-order valence-electron chi connectivity index (χ4n) is 3.67. The van der Waals surface area contributed by atoms with Gasteiger partial charge in [-0.05, 0) is 54.7 Å². The molecule has 1 heterocycles. The molecule has 2 N–H and O–H groups in total. The van der Waals surface area contributed by atoms with Crippen LogP contribution >= 0.6 is 0 Å². The summed E-state index contributed by atoms with van der Waals surface area (Å²) in [5, 5.41) is 10.2. The lowest BCUT2D eigenvalue weighted by molar-refractivity contribution is 0.0937. The van der Waals surface area contributed by atoms with Crippen LogP contribution in [0, 0.1) is 0 Å². The summed E-state index contributed by atoms with van der Waals surface area (Å²) >= 11 is 0. The van der Waals surface area contributed by atoms with Crippen LogP contribution in [0.15, 0.2) is 54.7 Å². The van der Waals surface area contributed by atoms with Gasteiger partial charge in [-0.2, -0.15) is 5.10 Å². The maximum atomic E-state index is 12.9. The van der Waals surface area contributed by atoms with E-state index in [4.69, 9.17) is 4.74 Å². The summed E-state index contributed by atoms with van der Waals surface area (Å²) in [6.45, 7) is 2.86. The number of ether oxygens (including phenoxy) is 1. The van der Waals surface area contributed by atoms with Crippen LogP contribution in [0.3, 0.4) is 0 Å². The minimum atomic E-state index is -0.103. The second-order valence-electron chi connectivity index (χ2n) is 7.15. The summed E-state index contributed by atoms with van der Waals surface area (Å²) in [5.41, 5.74) is 4.73. The van der Waals surface area contributed by atoms with E-state index >= 15 is 0 Å². The quantitative estimate of drug-likeness (QED) is 0.590. The summed E-state index contributed by atoms with van der Waals surface area (Å²) in [4.78, 5) is 12.9. The standard InChI is InChI=1S/C23H25N3O2/c1-2-3-14-28-18-11-8-17(9-12-18)22-20(15-24-26-22)23(27)25-21-13-10-16-6-4-5-7-19(16)21/h4-9,11-12,15,21H,2-3,10,13-14H2,1H3,(H,24,26)(H,25,27)/t21-/m1/s1. The zero-order valence-corrected chi connectivity index (χ0v) is 16.1. The van der Waals surface area contributed by atoms with Crippen molar-refractivity contribution in [2.24, 2.45) is 0 Å². The third kappa shape index (κ3) is 3.79. The van der Waals surface area contributed by atoms with Gasteiger partial charge in [0.1, 0.15) is 5.75 Å². The number of fused-ring (bicyclic) bond motifs is 1. The number of aromatic amines is 1. The molecule has 1 amide bonds. The van der Waals surface area contributed by atoms with E-state index in [1.54, 1.807) is 6.20 Å². The number of aryl methyl sites for hydroxylation is 1. The van der Waals surface area contributed by atoms with Crippen LogP contribution in [0.5, 0.6) is 5.75 Å². The predicted octanol–water partition coefficient (Wildman–Crippen LogP) is 4.67. The van der Waals surface area contributed by atoms with E-state index in [1.165, 1.54) is 11.1 Å². The van der Waals surface area contributed by atoms with Crippen LogP contribution in [0.1, 0.15) is 53.7 Å². The van der Waals surface area contributed by atoms with E-state index in [9.17, 15) is 4.79 Å². The van der Waals surface area contributed by atoms with Gasteiger partial charge in [-0.15, -0.1) is 0 Å². The second-order valence-corrected chi connectivity index (χ2v) is 7.15. The minimum Gasteiger partial charge on any atom is -0.494 e. The molecule has 0 saturated carbocycles. The lowest BCUT2D eigenvalue weighted by Gasteiger charge is -2.14. The first-order valence-electron chi connectivity index (χ1n) is 9.91. The molecule has 2 aromatic carbocycles. The molecule has 5 nitrogen and oxygen atoms in total. The number of nitrogens with zero attached hydrogens (tertiary/aromatic N) is 1.